The zero-order valence-electron chi connectivity index (χ0n) is 14.7. The topological polar surface area (TPSA) is 75.8 Å². The first kappa shape index (κ1) is 18.1. The van der Waals surface area contributed by atoms with Gasteiger partial charge in [-0.15, -0.1) is 0 Å². The molecule has 0 saturated carbocycles. The van der Waals surface area contributed by atoms with E-state index in [0.29, 0.717) is 25.5 Å². The lowest BCUT2D eigenvalue weighted by atomic mass is 10.1. The van der Waals surface area contributed by atoms with E-state index in [-0.39, 0.29) is 11.8 Å². The van der Waals surface area contributed by atoms with Crippen molar-refractivity contribution < 1.29 is 14.6 Å². The Labute approximate surface area is 169 Å². The van der Waals surface area contributed by atoms with E-state index in [9.17, 15) is 9.90 Å². The van der Waals surface area contributed by atoms with Crippen molar-refractivity contribution in [3.63, 3.8) is 0 Å². The van der Waals surface area contributed by atoms with Gasteiger partial charge in [0.2, 0.25) is 5.88 Å². The molecule has 4 rings (SSSR count). The highest BCUT2D eigenvalue weighted by atomic mass is 32.1. The van der Waals surface area contributed by atoms with Crippen LogP contribution in [0.3, 0.4) is 0 Å². The van der Waals surface area contributed by atoms with E-state index in [1.54, 1.807) is 31.4 Å². The molecular formula is C20H15N3O3S2. The Morgan fingerprint density at radius 3 is 2.79 bits per heavy atom. The standard InChI is InChI=1S/C20H15N3O3S2/c1-26-15-8-7-12-9-13(18(24)21-16(12)11-15)10-17-19(25)23(20(27)28-17)22-14-5-3-2-4-6-14/h2-11,22,25H,1H3/b13-10-. The minimum atomic E-state index is -0.387. The number of fused-ring (bicyclic) bond motifs is 1. The Kier molecular flexibility index (Phi) is 4.81. The number of hydrogen-bond donors (Lipinski definition) is 2. The molecule has 3 aromatic rings. The molecule has 0 saturated heterocycles. The molecule has 0 bridgehead atoms. The number of rotatable bonds is 4. The third kappa shape index (κ3) is 3.47. The third-order valence-corrected chi connectivity index (χ3v) is 5.44. The number of amides is 1. The van der Waals surface area contributed by atoms with Crippen molar-refractivity contribution in [3.05, 3.63) is 73.5 Å². The van der Waals surface area contributed by atoms with E-state index in [2.05, 4.69) is 10.4 Å². The highest BCUT2D eigenvalue weighted by molar-refractivity contribution is 7.73. The summed E-state index contributed by atoms with van der Waals surface area (Å²) in [7, 11) is 1.56. The predicted molar refractivity (Wildman–Crippen MR) is 111 cm³/mol. The number of hydrogen-bond acceptors (Lipinski definition) is 6. The largest absolute Gasteiger partial charge is 0.497 e. The zero-order valence-corrected chi connectivity index (χ0v) is 16.4. The molecule has 140 valence electrons. The first-order valence-corrected chi connectivity index (χ1v) is 9.55. The highest BCUT2D eigenvalue weighted by Crippen LogP contribution is 2.29. The van der Waals surface area contributed by atoms with E-state index in [0.717, 1.165) is 10.9 Å². The van der Waals surface area contributed by atoms with Crippen LogP contribution in [-0.2, 0) is 4.79 Å². The molecule has 0 unspecified atom stereocenters. The molecule has 0 radical (unpaired) electrons. The summed E-state index contributed by atoms with van der Waals surface area (Å²) in [5, 5.41) is 11.9. The van der Waals surface area contributed by atoms with Gasteiger partial charge in [-0.1, -0.05) is 29.5 Å². The first-order chi connectivity index (χ1) is 13.5. The van der Waals surface area contributed by atoms with Crippen molar-refractivity contribution in [2.24, 2.45) is 4.99 Å². The van der Waals surface area contributed by atoms with Gasteiger partial charge >= 0.3 is 0 Å². The number of aromatic nitrogens is 1. The minimum absolute atomic E-state index is 0.0620. The molecule has 0 fully saturated rings. The summed E-state index contributed by atoms with van der Waals surface area (Å²) in [4.78, 5) is 17.0. The third-order valence-electron chi connectivity index (χ3n) is 4.13. The van der Waals surface area contributed by atoms with E-state index in [1.807, 2.05) is 36.4 Å². The van der Waals surface area contributed by atoms with Crippen molar-refractivity contribution in [1.29, 1.82) is 0 Å². The van der Waals surface area contributed by atoms with Crippen molar-refractivity contribution in [1.82, 2.24) is 4.68 Å². The van der Waals surface area contributed by atoms with Crippen LogP contribution in [0.5, 0.6) is 11.6 Å². The van der Waals surface area contributed by atoms with Gasteiger partial charge in [0.15, 0.2) is 3.95 Å². The van der Waals surface area contributed by atoms with Crippen LogP contribution in [0.25, 0.3) is 12.2 Å². The monoisotopic (exact) mass is 409 g/mol. The molecular weight excluding hydrogens is 394 g/mol. The van der Waals surface area contributed by atoms with Gasteiger partial charge in [-0.25, -0.2) is 9.67 Å². The summed E-state index contributed by atoms with van der Waals surface area (Å²) >= 11 is 6.54. The Hall–Kier alpha value is -3.23. The molecule has 0 atom stereocenters. The molecule has 28 heavy (non-hydrogen) atoms. The second-order valence-corrected chi connectivity index (χ2v) is 7.63. The van der Waals surface area contributed by atoms with Gasteiger partial charge in [0.05, 0.1) is 23.0 Å². The number of benzene rings is 2. The lowest BCUT2D eigenvalue weighted by Crippen LogP contribution is -2.30. The average Bonchev–Trinajstić information content (AvgIpc) is 2.96. The lowest BCUT2D eigenvalue weighted by Gasteiger charge is -2.08. The molecule has 2 heterocycles. The number of carbonyl (C=O) groups is 1. The molecule has 2 N–H and O–H groups in total. The number of aromatic hydroxyl groups is 1. The number of carbonyl (C=O) groups excluding carboxylic acids is 1. The molecule has 0 spiro atoms. The number of thiazole rings is 1. The van der Waals surface area contributed by atoms with Crippen LogP contribution in [0.2, 0.25) is 0 Å². The fourth-order valence-electron chi connectivity index (χ4n) is 2.73. The molecule has 1 aromatic heterocycles. The van der Waals surface area contributed by atoms with Crippen LogP contribution < -0.4 is 20.7 Å². The molecule has 1 aliphatic heterocycles. The van der Waals surface area contributed by atoms with Crippen LogP contribution in [0.4, 0.5) is 5.69 Å². The summed E-state index contributed by atoms with van der Waals surface area (Å²) in [6.07, 6.45) is 3.33. The second-order valence-electron chi connectivity index (χ2n) is 5.95. The van der Waals surface area contributed by atoms with Crippen molar-refractivity contribution in [2.45, 2.75) is 0 Å². The molecule has 8 heteroatoms. The molecule has 1 amide bonds. The normalized spacial score (nSPS) is 14.2. The zero-order chi connectivity index (χ0) is 19.7. The summed E-state index contributed by atoms with van der Waals surface area (Å²) in [6.45, 7) is 0. The summed E-state index contributed by atoms with van der Waals surface area (Å²) in [5.74, 6) is 0.186. The summed E-state index contributed by atoms with van der Waals surface area (Å²) in [5.41, 5.74) is 4.20. The van der Waals surface area contributed by atoms with Crippen LogP contribution in [0, 0.1) is 3.95 Å². The number of methoxy groups -OCH3 is 1. The molecule has 6 nitrogen and oxygen atoms in total. The van der Waals surface area contributed by atoms with Crippen molar-refractivity contribution in [3.8, 4) is 11.6 Å². The van der Waals surface area contributed by atoms with Crippen LogP contribution in [0.15, 0.2) is 59.1 Å². The van der Waals surface area contributed by atoms with Gasteiger partial charge in [-0.3, -0.25) is 10.2 Å². The predicted octanol–water partition coefficient (Wildman–Crippen LogP) is 2.89. The fourth-order valence-corrected chi connectivity index (χ4v) is 3.92. The maximum absolute atomic E-state index is 12.4. The van der Waals surface area contributed by atoms with Gasteiger partial charge in [0, 0.05) is 16.9 Å². The second kappa shape index (κ2) is 7.41. The Morgan fingerprint density at radius 2 is 2.04 bits per heavy atom. The maximum Gasteiger partial charge on any atom is 0.277 e. The molecule has 0 aliphatic carbocycles. The fraction of sp³-hybridized carbons (Fsp3) is 0.0500. The van der Waals surface area contributed by atoms with Crippen LogP contribution in [0.1, 0.15) is 4.88 Å². The van der Waals surface area contributed by atoms with Gasteiger partial charge in [-0.05, 0) is 48.6 Å². The number of nitrogens with zero attached hydrogens (tertiary/aromatic N) is 2. The van der Waals surface area contributed by atoms with Gasteiger partial charge in [-0.2, -0.15) is 0 Å². The van der Waals surface area contributed by atoms with E-state index in [4.69, 9.17) is 17.0 Å². The van der Waals surface area contributed by atoms with Gasteiger partial charge < -0.3 is 9.84 Å². The van der Waals surface area contributed by atoms with E-state index < -0.39 is 0 Å². The maximum atomic E-state index is 12.4. The Balaban J connectivity index is 1.73. The van der Waals surface area contributed by atoms with Gasteiger partial charge in [0.1, 0.15) is 5.75 Å². The van der Waals surface area contributed by atoms with E-state index >= 15 is 0 Å². The molecule has 1 aliphatic rings. The Morgan fingerprint density at radius 1 is 1.25 bits per heavy atom. The van der Waals surface area contributed by atoms with Crippen LogP contribution >= 0.6 is 23.6 Å². The summed E-state index contributed by atoms with van der Waals surface area (Å²) in [6, 6.07) is 14.7. The highest BCUT2D eigenvalue weighted by Gasteiger charge is 2.15. The average molecular weight is 409 g/mol. The minimum Gasteiger partial charge on any atom is -0.497 e. The smallest absolute Gasteiger partial charge is 0.277 e. The molecule has 2 aromatic carbocycles. The number of para-hydroxylation sites is 1. The van der Waals surface area contributed by atoms with Crippen molar-refractivity contribution in [2.75, 3.05) is 12.5 Å². The number of nitrogens with one attached hydrogen (secondary N) is 1. The number of ether oxygens (including phenoxy) is 1. The van der Waals surface area contributed by atoms with E-state index in [1.165, 1.54) is 16.0 Å². The SMILES string of the molecule is COc1ccc2c(c1)=NC(=O)/C(=C\c1sc(=S)n(Nc3ccccc3)c1O)C=2. The van der Waals surface area contributed by atoms with Crippen molar-refractivity contribution >= 4 is 47.3 Å². The number of anilines is 1. The first-order valence-electron chi connectivity index (χ1n) is 8.32. The van der Waals surface area contributed by atoms with Gasteiger partial charge in [0.25, 0.3) is 5.91 Å². The summed E-state index contributed by atoms with van der Waals surface area (Å²) < 4.78 is 7.00. The quantitative estimate of drug-likeness (QED) is 0.512. The van der Waals surface area contributed by atoms with Crippen LogP contribution in [-0.4, -0.2) is 22.8 Å². The Bertz CT molecular complexity index is 1270. The lowest BCUT2D eigenvalue weighted by molar-refractivity contribution is -0.114.